The van der Waals surface area contributed by atoms with Crippen molar-refractivity contribution in [1.29, 1.82) is 0 Å². The maximum Gasteiger partial charge on any atom is 0.261 e. The van der Waals surface area contributed by atoms with Gasteiger partial charge < -0.3 is 9.64 Å². The molecule has 0 bridgehead atoms. The Balaban J connectivity index is 1.77. The molecule has 0 unspecified atom stereocenters. The molecule has 0 aromatic heterocycles. The van der Waals surface area contributed by atoms with Crippen LogP contribution in [0.15, 0.2) is 48.5 Å². The molecule has 0 radical (unpaired) electrons. The minimum absolute atomic E-state index is 0.0209. The van der Waals surface area contributed by atoms with Crippen molar-refractivity contribution in [3.63, 3.8) is 0 Å². The molecule has 0 aliphatic carbocycles. The SMILES string of the molecule is O=C(COc1ccccc1F)N(Cc1ccccc1F)[C@@H]1CCS(=O)(=O)C1. The van der Waals surface area contributed by atoms with E-state index in [9.17, 15) is 22.0 Å². The van der Waals surface area contributed by atoms with Crippen LogP contribution in [-0.4, -0.2) is 43.4 Å². The van der Waals surface area contributed by atoms with Gasteiger partial charge in [-0.2, -0.15) is 0 Å². The first-order valence-electron chi connectivity index (χ1n) is 8.46. The molecule has 1 saturated heterocycles. The first-order chi connectivity index (χ1) is 12.9. The van der Waals surface area contributed by atoms with Gasteiger partial charge in [-0.05, 0) is 24.6 Å². The number of halogens is 2. The number of benzene rings is 2. The van der Waals surface area contributed by atoms with Gasteiger partial charge in [0.1, 0.15) is 5.82 Å². The lowest BCUT2D eigenvalue weighted by atomic mass is 10.1. The van der Waals surface area contributed by atoms with Crippen molar-refractivity contribution in [3.8, 4) is 5.75 Å². The second-order valence-electron chi connectivity index (χ2n) is 6.39. The largest absolute Gasteiger partial charge is 0.481 e. The Kier molecular flexibility index (Phi) is 5.74. The lowest BCUT2D eigenvalue weighted by Gasteiger charge is -2.28. The highest BCUT2D eigenvalue weighted by Gasteiger charge is 2.35. The molecule has 0 spiro atoms. The molecular formula is C19H19F2NO4S. The van der Waals surface area contributed by atoms with Crippen molar-refractivity contribution in [2.45, 2.75) is 19.0 Å². The summed E-state index contributed by atoms with van der Waals surface area (Å²) in [4.78, 5) is 14.0. The van der Waals surface area contributed by atoms with Gasteiger partial charge >= 0.3 is 0 Å². The summed E-state index contributed by atoms with van der Waals surface area (Å²) >= 11 is 0. The first kappa shape index (κ1) is 19.3. The minimum atomic E-state index is -3.24. The Bertz CT molecular complexity index is 933. The molecule has 0 N–H and O–H groups in total. The van der Waals surface area contributed by atoms with E-state index in [0.29, 0.717) is 0 Å². The van der Waals surface area contributed by atoms with E-state index in [-0.39, 0.29) is 35.8 Å². The Morgan fingerprint density at radius 3 is 2.37 bits per heavy atom. The molecule has 1 aliphatic rings. The predicted molar refractivity (Wildman–Crippen MR) is 95.9 cm³/mol. The van der Waals surface area contributed by atoms with Crippen LogP contribution in [0.25, 0.3) is 0 Å². The van der Waals surface area contributed by atoms with Crippen LogP contribution >= 0.6 is 0 Å². The fraction of sp³-hybridized carbons (Fsp3) is 0.316. The van der Waals surface area contributed by atoms with Crippen LogP contribution in [-0.2, 0) is 21.2 Å². The average Bonchev–Trinajstić information content (AvgIpc) is 2.99. The van der Waals surface area contributed by atoms with Gasteiger partial charge in [-0.25, -0.2) is 17.2 Å². The summed E-state index contributed by atoms with van der Waals surface area (Å²) in [6.45, 7) is -0.543. The summed E-state index contributed by atoms with van der Waals surface area (Å²) in [5.74, 6) is -1.88. The molecule has 2 aromatic carbocycles. The lowest BCUT2D eigenvalue weighted by molar-refractivity contribution is -0.136. The van der Waals surface area contributed by atoms with Crippen molar-refractivity contribution in [2.24, 2.45) is 0 Å². The molecular weight excluding hydrogens is 376 g/mol. The summed E-state index contributed by atoms with van der Waals surface area (Å²) in [6.07, 6.45) is 0.280. The maximum absolute atomic E-state index is 14.0. The number of rotatable bonds is 6. The second kappa shape index (κ2) is 8.04. The molecule has 1 atom stereocenters. The molecule has 1 amide bonds. The van der Waals surface area contributed by atoms with Gasteiger partial charge in [0.05, 0.1) is 11.5 Å². The van der Waals surface area contributed by atoms with E-state index in [4.69, 9.17) is 4.74 Å². The van der Waals surface area contributed by atoms with Gasteiger partial charge in [-0.3, -0.25) is 4.79 Å². The lowest BCUT2D eigenvalue weighted by Crippen LogP contribution is -2.43. The van der Waals surface area contributed by atoms with E-state index in [1.807, 2.05) is 0 Å². The Hall–Kier alpha value is -2.48. The van der Waals surface area contributed by atoms with E-state index in [0.717, 1.165) is 0 Å². The molecule has 2 aromatic rings. The topological polar surface area (TPSA) is 63.7 Å². The highest BCUT2D eigenvalue weighted by atomic mass is 32.2. The van der Waals surface area contributed by atoms with Crippen LogP contribution in [0.2, 0.25) is 0 Å². The standard InChI is InChI=1S/C19H19F2NO4S/c20-16-6-2-1-5-14(16)11-22(15-9-10-27(24,25)13-15)19(23)12-26-18-8-4-3-7-17(18)21/h1-8,15H,9-13H2/t15-/m1/s1. The Morgan fingerprint density at radius 1 is 1.07 bits per heavy atom. The third kappa shape index (κ3) is 4.82. The Morgan fingerprint density at radius 2 is 1.74 bits per heavy atom. The molecule has 144 valence electrons. The van der Waals surface area contributed by atoms with Crippen LogP contribution in [0.4, 0.5) is 8.78 Å². The molecule has 8 heteroatoms. The predicted octanol–water partition coefficient (Wildman–Crippen LogP) is 2.56. The zero-order valence-electron chi connectivity index (χ0n) is 14.5. The average molecular weight is 395 g/mol. The van der Waals surface area contributed by atoms with Gasteiger partial charge in [0.25, 0.3) is 5.91 Å². The minimum Gasteiger partial charge on any atom is -0.481 e. The van der Waals surface area contributed by atoms with Gasteiger partial charge in [0, 0.05) is 18.2 Å². The fourth-order valence-corrected chi connectivity index (χ4v) is 4.77. The van der Waals surface area contributed by atoms with Crippen LogP contribution in [0.5, 0.6) is 5.75 Å². The molecule has 0 saturated carbocycles. The summed E-state index contributed by atoms with van der Waals surface area (Å²) < 4.78 is 56.6. The monoisotopic (exact) mass is 395 g/mol. The second-order valence-corrected chi connectivity index (χ2v) is 8.62. The number of sulfone groups is 1. The number of nitrogens with zero attached hydrogens (tertiary/aromatic N) is 1. The van der Waals surface area contributed by atoms with Gasteiger partial charge in [0.2, 0.25) is 0 Å². The third-order valence-electron chi connectivity index (χ3n) is 4.46. The van der Waals surface area contributed by atoms with Crippen LogP contribution < -0.4 is 4.74 Å². The van der Waals surface area contributed by atoms with Crippen molar-refractivity contribution in [3.05, 3.63) is 65.7 Å². The van der Waals surface area contributed by atoms with Gasteiger partial charge in [-0.15, -0.1) is 0 Å². The van der Waals surface area contributed by atoms with E-state index in [2.05, 4.69) is 0 Å². The summed E-state index contributed by atoms with van der Waals surface area (Å²) in [7, 11) is -3.24. The normalized spacial score (nSPS) is 18.2. The molecule has 1 heterocycles. The zero-order valence-corrected chi connectivity index (χ0v) is 15.3. The number of carbonyl (C=O) groups is 1. The van der Waals surface area contributed by atoms with Gasteiger partial charge in [0.15, 0.2) is 28.0 Å². The molecule has 3 rings (SSSR count). The Labute approximate surface area is 156 Å². The smallest absolute Gasteiger partial charge is 0.261 e. The molecule has 27 heavy (non-hydrogen) atoms. The van der Waals surface area contributed by atoms with Crippen LogP contribution in [0.3, 0.4) is 0 Å². The number of amides is 1. The third-order valence-corrected chi connectivity index (χ3v) is 6.21. The fourth-order valence-electron chi connectivity index (χ4n) is 3.04. The molecule has 5 nitrogen and oxygen atoms in total. The zero-order chi connectivity index (χ0) is 19.4. The first-order valence-corrected chi connectivity index (χ1v) is 10.3. The number of hydrogen-bond acceptors (Lipinski definition) is 4. The highest BCUT2D eigenvalue weighted by Crippen LogP contribution is 2.22. The van der Waals surface area contributed by atoms with Crippen LogP contribution in [0.1, 0.15) is 12.0 Å². The van der Waals surface area contributed by atoms with E-state index in [1.54, 1.807) is 12.1 Å². The van der Waals surface area contributed by atoms with Crippen molar-refractivity contribution in [1.82, 2.24) is 4.90 Å². The van der Waals surface area contributed by atoms with Crippen molar-refractivity contribution >= 4 is 15.7 Å². The molecule has 1 aliphatic heterocycles. The summed E-state index contributed by atoms with van der Waals surface area (Å²) in [5.41, 5.74) is 0.279. The molecule has 1 fully saturated rings. The van der Waals surface area contributed by atoms with Crippen molar-refractivity contribution < 1.29 is 26.7 Å². The summed E-state index contributed by atoms with van der Waals surface area (Å²) in [6, 6.07) is 11.1. The quantitative estimate of drug-likeness (QED) is 0.754. The maximum atomic E-state index is 14.0. The van der Waals surface area contributed by atoms with Crippen LogP contribution in [0, 0.1) is 11.6 Å². The van der Waals surface area contributed by atoms with E-state index >= 15 is 0 Å². The highest BCUT2D eigenvalue weighted by molar-refractivity contribution is 7.91. The number of ether oxygens (including phenoxy) is 1. The number of para-hydroxylation sites is 1. The van der Waals surface area contributed by atoms with Gasteiger partial charge in [-0.1, -0.05) is 30.3 Å². The van der Waals surface area contributed by atoms with E-state index < -0.39 is 40.0 Å². The summed E-state index contributed by atoms with van der Waals surface area (Å²) in [5, 5.41) is 0. The number of hydrogen-bond donors (Lipinski definition) is 0. The van der Waals surface area contributed by atoms with Crippen molar-refractivity contribution in [2.75, 3.05) is 18.1 Å². The van der Waals surface area contributed by atoms with E-state index in [1.165, 1.54) is 41.3 Å². The number of carbonyl (C=O) groups excluding carboxylic acids is 1.